The summed E-state index contributed by atoms with van der Waals surface area (Å²) >= 11 is 0. The normalized spacial score (nSPS) is 10.8. The number of para-hydroxylation sites is 2. The summed E-state index contributed by atoms with van der Waals surface area (Å²) in [5.74, 6) is -0.108. The summed E-state index contributed by atoms with van der Waals surface area (Å²) in [6.07, 6.45) is 0. The molecular formula is C18H19FN4O. The average molecular weight is 326 g/mol. The zero-order chi connectivity index (χ0) is 17.3. The number of halogens is 1. The van der Waals surface area contributed by atoms with Crippen molar-refractivity contribution in [3.63, 3.8) is 0 Å². The molecule has 0 bridgehead atoms. The number of hydrogen-bond donors (Lipinski definition) is 2. The van der Waals surface area contributed by atoms with Crippen molar-refractivity contribution in [2.75, 3.05) is 17.2 Å². The Morgan fingerprint density at radius 2 is 1.83 bits per heavy atom. The zero-order valence-corrected chi connectivity index (χ0v) is 13.9. The molecule has 0 aliphatic rings. The Morgan fingerprint density at radius 1 is 1.17 bits per heavy atom. The van der Waals surface area contributed by atoms with Crippen molar-refractivity contribution in [1.29, 1.82) is 0 Å². The lowest BCUT2D eigenvalue weighted by atomic mass is 10.1. The van der Waals surface area contributed by atoms with Crippen LogP contribution in [-0.4, -0.2) is 22.0 Å². The van der Waals surface area contributed by atoms with Crippen LogP contribution in [0.15, 0.2) is 36.4 Å². The average Bonchev–Trinajstić information content (AvgIpc) is 2.87. The SMILES string of the molecule is Cc1cccc(C)c1NC(=O)CNc1nc2c(F)cccc2n1C. The van der Waals surface area contributed by atoms with Gasteiger partial charge in [-0.3, -0.25) is 4.79 Å². The van der Waals surface area contributed by atoms with E-state index >= 15 is 0 Å². The van der Waals surface area contributed by atoms with E-state index in [2.05, 4.69) is 15.6 Å². The number of carbonyl (C=O) groups excluding carboxylic acids is 1. The van der Waals surface area contributed by atoms with Crippen LogP contribution in [-0.2, 0) is 11.8 Å². The Labute approximate surface area is 139 Å². The number of carbonyl (C=O) groups is 1. The lowest BCUT2D eigenvalue weighted by Crippen LogP contribution is -2.23. The van der Waals surface area contributed by atoms with Crippen molar-refractivity contribution in [3.05, 3.63) is 53.3 Å². The molecule has 0 radical (unpaired) electrons. The summed E-state index contributed by atoms with van der Waals surface area (Å²) in [5.41, 5.74) is 3.80. The van der Waals surface area contributed by atoms with Gasteiger partial charge in [-0.2, -0.15) is 0 Å². The van der Waals surface area contributed by atoms with Crippen molar-refractivity contribution in [2.45, 2.75) is 13.8 Å². The highest BCUT2D eigenvalue weighted by molar-refractivity contribution is 5.95. The number of hydrogen-bond acceptors (Lipinski definition) is 3. The number of imidazole rings is 1. The summed E-state index contributed by atoms with van der Waals surface area (Å²) in [5, 5.41) is 5.86. The van der Waals surface area contributed by atoms with Gasteiger partial charge in [0.1, 0.15) is 5.52 Å². The zero-order valence-electron chi connectivity index (χ0n) is 13.9. The van der Waals surface area contributed by atoms with E-state index in [4.69, 9.17) is 0 Å². The Bertz CT molecular complexity index is 897. The Balaban J connectivity index is 1.73. The lowest BCUT2D eigenvalue weighted by molar-refractivity contribution is -0.114. The highest BCUT2D eigenvalue weighted by Crippen LogP contribution is 2.21. The molecule has 124 valence electrons. The van der Waals surface area contributed by atoms with Gasteiger partial charge in [0.05, 0.1) is 12.1 Å². The molecule has 0 spiro atoms. The summed E-state index contributed by atoms with van der Waals surface area (Å²) in [6.45, 7) is 3.95. The fraction of sp³-hybridized carbons (Fsp3) is 0.222. The van der Waals surface area contributed by atoms with Gasteiger partial charge < -0.3 is 15.2 Å². The van der Waals surface area contributed by atoms with Gasteiger partial charge in [0.2, 0.25) is 11.9 Å². The van der Waals surface area contributed by atoms with E-state index in [1.165, 1.54) is 6.07 Å². The first-order valence-electron chi connectivity index (χ1n) is 7.68. The molecule has 3 rings (SSSR count). The van der Waals surface area contributed by atoms with Crippen molar-refractivity contribution in [1.82, 2.24) is 9.55 Å². The van der Waals surface area contributed by atoms with Gasteiger partial charge in [-0.15, -0.1) is 0 Å². The smallest absolute Gasteiger partial charge is 0.243 e. The molecule has 1 heterocycles. The molecule has 0 atom stereocenters. The minimum atomic E-state index is -0.379. The number of nitrogens with zero attached hydrogens (tertiary/aromatic N) is 2. The molecule has 24 heavy (non-hydrogen) atoms. The van der Waals surface area contributed by atoms with Crippen LogP contribution in [0.1, 0.15) is 11.1 Å². The van der Waals surface area contributed by atoms with Gasteiger partial charge >= 0.3 is 0 Å². The second kappa shape index (κ2) is 6.31. The molecule has 0 fully saturated rings. The maximum Gasteiger partial charge on any atom is 0.243 e. The van der Waals surface area contributed by atoms with Crippen LogP contribution in [0.3, 0.4) is 0 Å². The predicted molar refractivity (Wildman–Crippen MR) is 93.7 cm³/mol. The number of anilines is 2. The first-order valence-corrected chi connectivity index (χ1v) is 7.68. The number of fused-ring (bicyclic) bond motifs is 1. The van der Waals surface area contributed by atoms with E-state index in [-0.39, 0.29) is 23.8 Å². The molecule has 3 aromatic rings. The van der Waals surface area contributed by atoms with E-state index in [0.29, 0.717) is 11.5 Å². The van der Waals surface area contributed by atoms with Crippen LogP contribution in [0.4, 0.5) is 16.0 Å². The first kappa shape index (κ1) is 16.0. The fourth-order valence-electron chi connectivity index (χ4n) is 2.69. The number of amides is 1. The first-order chi connectivity index (χ1) is 11.5. The summed E-state index contributed by atoms with van der Waals surface area (Å²) in [7, 11) is 1.78. The Kier molecular flexibility index (Phi) is 4.20. The number of nitrogens with one attached hydrogen (secondary N) is 2. The molecule has 0 aliphatic heterocycles. The number of benzene rings is 2. The van der Waals surface area contributed by atoms with Crippen molar-refractivity contribution in [2.24, 2.45) is 7.05 Å². The van der Waals surface area contributed by atoms with Crippen LogP contribution in [0.5, 0.6) is 0 Å². The molecule has 0 saturated carbocycles. The number of rotatable bonds is 4. The standard InChI is InChI=1S/C18H19FN4O/c1-11-6-4-7-12(2)16(11)21-15(24)10-20-18-22-17-13(19)8-5-9-14(17)23(18)3/h4-9H,10H2,1-3H3,(H,20,22)(H,21,24). The number of aromatic nitrogens is 2. The second-order valence-corrected chi connectivity index (χ2v) is 5.77. The maximum atomic E-state index is 13.8. The molecule has 2 aromatic carbocycles. The Hall–Kier alpha value is -2.89. The van der Waals surface area contributed by atoms with E-state index < -0.39 is 0 Å². The van der Waals surface area contributed by atoms with Gasteiger partial charge in [-0.1, -0.05) is 24.3 Å². The topological polar surface area (TPSA) is 59.0 Å². The van der Waals surface area contributed by atoms with Crippen LogP contribution < -0.4 is 10.6 Å². The van der Waals surface area contributed by atoms with Gasteiger partial charge in [0.25, 0.3) is 0 Å². The van der Waals surface area contributed by atoms with Crippen molar-refractivity contribution in [3.8, 4) is 0 Å². The van der Waals surface area contributed by atoms with Crippen LogP contribution >= 0.6 is 0 Å². The summed E-state index contributed by atoms with van der Waals surface area (Å²) < 4.78 is 15.5. The van der Waals surface area contributed by atoms with Gasteiger partial charge in [0.15, 0.2) is 5.82 Å². The lowest BCUT2D eigenvalue weighted by Gasteiger charge is -2.12. The number of aryl methyl sites for hydroxylation is 3. The van der Waals surface area contributed by atoms with Crippen LogP contribution in [0.2, 0.25) is 0 Å². The predicted octanol–water partition coefficient (Wildman–Crippen LogP) is 3.38. The molecule has 5 nitrogen and oxygen atoms in total. The fourth-order valence-corrected chi connectivity index (χ4v) is 2.69. The molecule has 6 heteroatoms. The van der Waals surface area contributed by atoms with Gasteiger partial charge in [-0.05, 0) is 37.1 Å². The molecule has 0 unspecified atom stereocenters. The van der Waals surface area contributed by atoms with Crippen LogP contribution in [0.25, 0.3) is 11.0 Å². The maximum absolute atomic E-state index is 13.8. The molecule has 0 saturated heterocycles. The Morgan fingerprint density at radius 3 is 2.50 bits per heavy atom. The second-order valence-electron chi connectivity index (χ2n) is 5.77. The third-order valence-electron chi connectivity index (χ3n) is 4.01. The van der Waals surface area contributed by atoms with Gasteiger partial charge in [0, 0.05) is 12.7 Å². The minimum Gasteiger partial charge on any atom is -0.347 e. The van der Waals surface area contributed by atoms with Crippen molar-refractivity contribution >= 4 is 28.6 Å². The minimum absolute atomic E-state index is 0.0482. The van der Waals surface area contributed by atoms with E-state index in [1.807, 2.05) is 32.0 Å². The highest BCUT2D eigenvalue weighted by Gasteiger charge is 2.12. The van der Waals surface area contributed by atoms with Crippen molar-refractivity contribution < 1.29 is 9.18 Å². The molecular weight excluding hydrogens is 307 g/mol. The molecule has 0 aliphatic carbocycles. The molecule has 2 N–H and O–H groups in total. The quantitative estimate of drug-likeness (QED) is 0.773. The van der Waals surface area contributed by atoms with Gasteiger partial charge in [-0.25, -0.2) is 9.37 Å². The third kappa shape index (κ3) is 2.95. The summed E-state index contributed by atoms with van der Waals surface area (Å²) in [6, 6.07) is 10.6. The third-order valence-corrected chi connectivity index (χ3v) is 4.01. The van der Waals surface area contributed by atoms with E-state index in [0.717, 1.165) is 16.8 Å². The molecule has 1 aromatic heterocycles. The summed E-state index contributed by atoms with van der Waals surface area (Å²) in [4.78, 5) is 16.4. The highest BCUT2D eigenvalue weighted by atomic mass is 19.1. The monoisotopic (exact) mass is 326 g/mol. The molecule has 1 amide bonds. The largest absolute Gasteiger partial charge is 0.347 e. The van der Waals surface area contributed by atoms with E-state index in [1.54, 1.807) is 23.7 Å². The van der Waals surface area contributed by atoms with Crippen LogP contribution in [0, 0.1) is 19.7 Å². The van der Waals surface area contributed by atoms with E-state index in [9.17, 15) is 9.18 Å².